The molecule has 0 bridgehead atoms. The average molecular weight is 258 g/mol. The van der Waals surface area contributed by atoms with E-state index in [1.807, 2.05) is 0 Å². The highest BCUT2D eigenvalue weighted by Crippen LogP contribution is 2.43. The Hall–Kier alpha value is -0.610. The summed E-state index contributed by atoms with van der Waals surface area (Å²) >= 11 is 0. The molecule has 1 rings (SSSR count). The molecule has 2 unspecified atom stereocenters. The molecule has 1 saturated carbocycles. The molecule has 0 radical (unpaired) electrons. The van der Waals surface area contributed by atoms with E-state index in [-0.39, 0.29) is 0 Å². The number of hydrogen-bond acceptors (Lipinski definition) is 3. The Morgan fingerprint density at radius 1 is 1.39 bits per heavy atom. The molecule has 1 aliphatic rings. The van der Waals surface area contributed by atoms with E-state index in [1.165, 1.54) is 6.42 Å². The van der Waals surface area contributed by atoms with E-state index in [1.54, 1.807) is 7.11 Å². The molecule has 18 heavy (non-hydrogen) atoms. The first-order chi connectivity index (χ1) is 8.60. The average Bonchev–Trinajstić information content (AvgIpc) is 2.33. The van der Waals surface area contributed by atoms with E-state index in [9.17, 15) is 9.90 Å². The van der Waals surface area contributed by atoms with Crippen molar-refractivity contribution in [2.24, 2.45) is 11.3 Å². The molecular weight excluding hydrogens is 232 g/mol. The first-order valence-electron chi connectivity index (χ1n) is 6.91. The molecule has 0 spiro atoms. The third-order valence-electron chi connectivity index (χ3n) is 3.92. The molecular formula is C14H26O4. The van der Waals surface area contributed by atoms with E-state index < -0.39 is 11.4 Å². The van der Waals surface area contributed by atoms with Crippen LogP contribution >= 0.6 is 0 Å². The lowest BCUT2D eigenvalue weighted by Gasteiger charge is -2.36. The number of methoxy groups -OCH3 is 1. The van der Waals surface area contributed by atoms with Gasteiger partial charge in [0.25, 0.3) is 0 Å². The third kappa shape index (κ3) is 4.58. The van der Waals surface area contributed by atoms with Crippen LogP contribution in [0.25, 0.3) is 0 Å². The van der Waals surface area contributed by atoms with Crippen LogP contribution in [-0.2, 0) is 14.3 Å². The fourth-order valence-electron chi connectivity index (χ4n) is 2.95. The van der Waals surface area contributed by atoms with Gasteiger partial charge >= 0.3 is 5.97 Å². The highest BCUT2D eigenvalue weighted by atomic mass is 16.5. The minimum atomic E-state index is -0.619. The van der Waals surface area contributed by atoms with Gasteiger partial charge in [-0.3, -0.25) is 4.79 Å². The Labute approximate surface area is 110 Å². The SMILES string of the molecule is COCCOCCCC1(C(=O)O)CCCC(C)C1. The van der Waals surface area contributed by atoms with E-state index in [4.69, 9.17) is 9.47 Å². The van der Waals surface area contributed by atoms with Crippen molar-refractivity contribution >= 4 is 5.97 Å². The zero-order valence-corrected chi connectivity index (χ0v) is 11.6. The van der Waals surface area contributed by atoms with E-state index in [0.717, 1.165) is 32.1 Å². The van der Waals surface area contributed by atoms with Crippen molar-refractivity contribution in [2.45, 2.75) is 45.4 Å². The highest BCUT2D eigenvalue weighted by molar-refractivity contribution is 5.74. The number of carboxylic acid groups (broad SMARTS) is 1. The smallest absolute Gasteiger partial charge is 0.309 e. The largest absolute Gasteiger partial charge is 0.481 e. The van der Waals surface area contributed by atoms with Crippen LogP contribution in [0.1, 0.15) is 45.4 Å². The van der Waals surface area contributed by atoms with Crippen LogP contribution in [0.5, 0.6) is 0 Å². The molecule has 4 nitrogen and oxygen atoms in total. The standard InChI is InChI=1S/C14H26O4/c1-12-5-3-6-14(11-12,13(15)16)7-4-8-18-10-9-17-2/h12H,3-11H2,1-2H3,(H,15,16). The maximum Gasteiger partial charge on any atom is 0.309 e. The quantitative estimate of drug-likeness (QED) is 0.680. The van der Waals surface area contributed by atoms with Crippen molar-refractivity contribution in [3.8, 4) is 0 Å². The van der Waals surface area contributed by atoms with Crippen LogP contribution in [0.4, 0.5) is 0 Å². The van der Waals surface area contributed by atoms with Crippen molar-refractivity contribution in [2.75, 3.05) is 26.9 Å². The Kier molecular flexibility index (Phi) is 6.65. The summed E-state index contributed by atoms with van der Waals surface area (Å²) in [4.78, 5) is 11.5. The number of aliphatic carboxylic acids is 1. The molecule has 0 heterocycles. The third-order valence-corrected chi connectivity index (χ3v) is 3.92. The minimum Gasteiger partial charge on any atom is -0.481 e. The van der Waals surface area contributed by atoms with Crippen LogP contribution in [0, 0.1) is 11.3 Å². The van der Waals surface area contributed by atoms with Gasteiger partial charge in [-0.2, -0.15) is 0 Å². The van der Waals surface area contributed by atoms with Gasteiger partial charge in [-0.25, -0.2) is 0 Å². The summed E-state index contributed by atoms with van der Waals surface area (Å²) in [5.41, 5.74) is -0.498. The second-order valence-corrected chi connectivity index (χ2v) is 5.50. The molecule has 1 N–H and O–H groups in total. The number of carbonyl (C=O) groups is 1. The van der Waals surface area contributed by atoms with Crippen molar-refractivity contribution in [3.63, 3.8) is 0 Å². The Bertz CT molecular complexity index is 254. The van der Waals surface area contributed by atoms with Crippen LogP contribution < -0.4 is 0 Å². The minimum absolute atomic E-state index is 0.498. The molecule has 1 aliphatic carbocycles. The van der Waals surface area contributed by atoms with Crippen LogP contribution in [0.15, 0.2) is 0 Å². The molecule has 4 heteroatoms. The van der Waals surface area contributed by atoms with Gasteiger partial charge in [-0.05, 0) is 31.6 Å². The molecule has 0 aromatic rings. The number of carboxylic acids is 1. The summed E-state index contributed by atoms with van der Waals surface area (Å²) in [6.07, 6.45) is 5.41. The van der Waals surface area contributed by atoms with Gasteiger partial charge < -0.3 is 14.6 Å². The normalized spacial score (nSPS) is 28.2. The molecule has 0 aromatic carbocycles. The highest BCUT2D eigenvalue weighted by Gasteiger charge is 2.41. The zero-order valence-electron chi connectivity index (χ0n) is 11.6. The van der Waals surface area contributed by atoms with Gasteiger partial charge in [0.1, 0.15) is 0 Å². The number of hydrogen-bond donors (Lipinski definition) is 1. The molecule has 0 saturated heterocycles. The van der Waals surface area contributed by atoms with E-state index in [0.29, 0.717) is 25.7 Å². The predicted octanol–water partition coefficient (Wildman–Crippen LogP) is 2.71. The maximum atomic E-state index is 11.5. The van der Waals surface area contributed by atoms with E-state index in [2.05, 4.69) is 6.92 Å². The summed E-state index contributed by atoms with van der Waals surface area (Å²) in [6.45, 7) is 3.98. The van der Waals surface area contributed by atoms with Gasteiger partial charge in [0, 0.05) is 13.7 Å². The molecule has 2 atom stereocenters. The molecule has 0 aromatic heterocycles. The van der Waals surface area contributed by atoms with Crippen molar-refractivity contribution in [3.05, 3.63) is 0 Å². The summed E-state index contributed by atoms with van der Waals surface area (Å²) in [5.74, 6) is -0.0878. The second-order valence-electron chi connectivity index (χ2n) is 5.50. The van der Waals surface area contributed by atoms with Gasteiger partial charge in [0.15, 0.2) is 0 Å². The van der Waals surface area contributed by atoms with Gasteiger partial charge in [-0.15, -0.1) is 0 Å². The molecule has 106 valence electrons. The lowest BCUT2D eigenvalue weighted by molar-refractivity contribution is -0.153. The first kappa shape index (κ1) is 15.4. The first-order valence-corrected chi connectivity index (χ1v) is 6.91. The monoisotopic (exact) mass is 258 g/mol. The summed E-state index contributed by atoms with van der Waals surface area (Å²) in [7, 11) is 1.65. The topological polar surface area (TPSA) is 55.8 Å². The molecule has 0 amide bonds. The van der Waals surface area contributed by atoms with E-state index >= 15 is 0 Å². The summed E-state index contributed by atoms with van der Waals surface area (Å²) in [5, 5.41) is 9.49. The fourth-order valence-corrected chi connectivity index (χ4v) is 2.95. The van der Waals surface area contributed by atoms with Crippen molar-refractivity contribution in [1.29, 1.82) is 0 Å². The lowest BCUT2D eigenvalue weighted by Crippen LogP contribution is -2.36. The van der Waals surface area contributed by atoms with Crippen LogP contribution in [-0.4, -0.2) is 38.0 Å². The molecule has 0 aliphatic heterocycles. The van der Waals surface area contributed by atoms with Gasteiger partial charge in [-0.1, -0.05) is 19.8 Å². The second kappa shape index (κ2) is 7.74. The lowest BCUT2D eigenvalue weighted by atomic mass is 9.68. The Balaban J connectivity index is 2.32. The van der Waals surface area contributed by atoms with Crippen molar-refractivity contribution < 1.29 is 19.4 Å². The van der Waals surface area contributed by atoms with Gasteiger partial charge in [0.05, 0.1) is 18.6 Å². The number of rotatable bonds is 8. The fraction of sp³-hybridized carbons (Fsp3) is 0.929. The van der Waals surface area contributed by atoms with Gasteiger partial charge in [0.2, 0.25) is 0 Å². The maximum absolute atomic E-state index is 11.5. The zero-order chi connectivity index (χ0) is 13.4. The predicted molar refractivity (Wildman–Crippen MR) is 69.6 cm³/mol. The Morgan fingerprint density at radius 3 is 2.78 bits per heavy atom. The van der Waals surface area contributed by atoms with Crippen molar-refractivity contribution in [1.82, 2.24) is 0 Å². The van der Waals surface area contributed by atoms with Crippen LogP contribution in [0.3, 0.4) is 0 Å². The summed E-state index contributed by atoms with van der Waals surface area (Å²) < 4.78 is 10.3. The van der Waals surface area contributed by atoms with Crippen LogP contribution in [0.2, 0.25) is 0 Å². The summed E-state index contributed by atoms with van der Waals surface area (Å²) in [6, 6.07) is 0. The Morgan fingerprint density at radius 2 is 2.17 bits per heavy atom. The number of ether oxygens (including phenoxy) is 2. The molecule has 1 fully saturated rings.